The molecule has 1 N–H and O–H groups in total. The Labute approximate surface area is 166 Å². The van der Waals surface area contributed by atoms with Crippen molar-refractivity contribution in [1.29, 1.82) is 0 Å². The topological polar surface area (TPSA) is 112 Å². The molecule has 0 aliphatic carbocycles. The lowest BCUT2D eigenvalue weighted by Crippen LogP contribution is -2.46. The minimum absolute atomic E-state index is 0.0874. The maximum absolute atomic E-state index is 12.2. The van der Waals surface area contributed by atoms with Crippen LogP contribution in [0.4, 0.5) is 0 Å². The van der Waals surface area contributed by atoms with Gasteiger partial charge >= 0.3 is 5.97 Å². The number of fused-ring (bicyclic) bond motifs is 1. The molecule has 0 saturated carbocycles. The van der Waals surface area contributed by atoms with E-state index in [1.54, 1.807) is 39.1 Å². The lowest BCUT2D eigenvalue weighted by Gasteiger charge is -2.33. The Morgan fingerprint density at radius 3 is 2.61 bits per heavy atom. The van der Waals surface area contributed by atoms with Crippen LogP contribution in [0.5, 0.6) is 0 Å². The fourth-order valence-electron chi connectivity index (χ4n) is 3.67. The smallest absolute Gasteiger partial charge is 0.341 e. The lowest BCUT2D eigenvalue weighted by atomic mass is 9.79. The number of carboxylic acid groups (broad SMARTS) is 1. The monoisotopic (exact) mass is 406 g/mol. The summed E-state index contributed by atoms with van der Waals surface area (Å²) in [5, 5.41) is 20.6. The number of carbonyl (C=O) groups is 1. The van der Waals surface area contributed by atoms with E-state index in [2.05, 4.69) is 4.98 Å². The predicted octanol–water partition coefficient (Wildman–Crippen LogP) is 3.81. The highest BCUT2D eigenvalue weighted by Crippen LogP contribution is 2.45. The van der Waals surface area contributed by atoms with Gasteiger partial charge in [-0.2, -0.15) is 0 Å². The molecule has 2 heterocycles. The Morgan fingerprint density at radius 2 is 2.07 bits per heavy atom. The minimum atomic E-state index is -2.19. The van der Waals surface area contributed by atoms with Crippen molar-refractivity contribution in [1.82, 2.24) is 4.98 Å². The molecular weight excluding hydrogens is 388 g/mol. The first kappa shape index (κ1) is 20.0. The normalized spacial score (nSPS) is 17.8. The zero-order valence-electron chi connectivity index (χ0n) is 15.5. The van der Waals surface area contributed by atoms with Crippen LogP contribution >= 0.6 is 11.6 Å². The number of rotatable bonds is 6. The van der Waals surface area contributed by atoms with Gasteiger partial charge < -0.3 is 9.84 Å². The van der Waals surface area contributed by atoms with Crippen molar-refractivity contribution >= 4 is 17.6 Å². The molecular formula is C19H19ClN2O6. The highest BCUT2D eigenvalue weighted by atomic mass is 35.5. The molecule has 2 aromatic rings. The molecule has 1 aromatic carbocycles. The number of nitrogens with zero attached hydrogens (tertiary/aromatic N) is 2. The van der Waals surface area contributed by atoms with Gasteiger partial charge in [0.05, 0.1) is 6.61 Å². The van der Waals surface area contributed by atoms with Crippen LogP contribution in [0.1, 0.15) is 47.9 Å². The molecule has 148 valence electrons. The Kier molecular flexibility index (Phi) is 5.27. The Balaban J connectivity index is 2.21. The number of aliphatic carboxylic acids is 1. The molecule has 8 nitrogen and oxygen atoms in total. The summed E-state index contributed by atoms with van der Waals surface area (Å²) in [4.78, 5) is 32.5. The first-order valence-corrected chi connectivity index (χ1v) is 8.99. The van der Waals surface area contributed by atoms with Gasteiger partial charge in [-0.25, -0.2) is 4.79 Å². The summed E-state index contributed by atoms with van der Waals surface area (Å²) in [6.07, 6.45) is 1.13. The third-order valence-corrected chi connectivity index (χ3v) is 5.23. The van der Waals surface area contributed by atoms with Crippen molar-refractivity contribution in [2.24, 2.45) is 5.92 Å². The SMILES string of the molecule is Cc1ncc2c(c1[C@@](O[N+](=O)[O-])(C(=O)O)C(C)C)CO[C@H]2c1ccc(Cl)cc1. The number of hydrogen-bond donors (Lipinski definition) is 1. The summed E-state index contributed by atoms with van der Waals surface area (Å²) in [6, 6.07) is 7.07. The van der Waals surface area contributed by atoms with Gasteiger partial charge in [0.1, 0.15) is 6.10 Å². The molecule has 0 saturated heterocycles. The lowest BCUT2D eigenvalue weighted by molar-refractivity contribution is -0.782. The molecule has 9 heteroatoms. The molecule has 0 fully saturated rings. The quantitative estimate of drug-likeness (QED) is 0.573. The third-order valence-electron chi connectivity index (χ3n) is 4.98. The fourth-order valence-corrected chi connectivity index (χ4v) is 3.79. The van der Waals surface area contributed by atoms with Gasteiger partial charge in [0.25, 0.3) is 5.09 Å². The number of ether oxygens (including phenoxy) is 1. The van der Waals surface area contributed by atoms with Gasteiger partial charge in [0.2, 0.25) is 5.60 Å². The van der Waals surface area contributed by atoms with Crippen LogP contribution in [0, 0.1) is 23.0 Å². The predicted molar refractivity (Wildman–Crippen MR) is 99.3 cm³/mol. The summed E-state index contributed by atoms with van der Waals surface area (Å²) in [5.74, 6) is -2.19. The van der Waals surface area contributed by atoms with E-state index in [9.17, 15) is 20.0 Å². The van der Waals surface area contributed by atoms with E-state index in [-0.39, 0.29) is 12.2 Å². The summed E-state index contributed by atoms with van der Waals surface area (Å²) >= 11 is 5.94. The fraction of sp³-hybridized carbons (Fsp3) is 0.368. The molecule has 0 amide bonds. The molecule has 28 heavy (non-hydrogen) atoms. The van der Waals surface area contributed by atoms with Gasteiger partial charge in [-0.05, 0) is 36.1 Å². The second kappa shape index (κ2) is 7.37. The van der Waals surface area contributed by atoms with Crippen LogP contribution in [0.15, 0.2) is 30.5 Å². The molecule has 3 rings (SSSR count). The maximum Gasteiger partial charge on any atom is 0.341 e. The van der Waals surface area contributed by atoms with E-state index >= 15 is 0 Å². The van der Waals surface area contributed by atoms with Crippen molar-refractivity contribution in [3.63, 3.8) is 0 Å². The molecule has 0 bridgehead atoms. The third kappa shape index (κ3) is 3.18. The van der Waals surface area contributed by atoms with Gasteiger partial charge in [0, 0.05) is 28.0 Å². The first-order chi connectivity index (χ1) is 13.2. The van der Waals surface area contributed by atoms with Gasteiger partial charge in [-0.15, -0.1) is 10.1 Å². The van der Waals surface area contributed by atoms with Gasteiger partial charge in [0.15, 0.2) is 0 Å². The van der Waals surface area contributed by atoms with Crippen molar-refractivity contribution in [3.05, 3.63) is 73.5 Å². The van der Waals surface area contributed by atoms with E-state index in [0.717, 1.165) is 5.56 Å². The first-order valence-electron chi connectivity index (χ1n) is 8.61. The second-order valence-corrected chi connectivity index (χ2v) is 7.34. The van der Waals surface area contributed by atoms with Crippen molar-refractivity contribution in [3.8, 4) is 0 Å². The zero-order valence-corrected chi connectivity index (χ0v) is 16.3. The molecule has 1 aliphatic rings. The number of pyridine rings is 1. The number of carboxylic acids is 1. The van der Waals surface area contributed by atoms with Crippen LogP contribution in [0.3, 0.4) is 0 Å². The largest absolute Gasteiger partial charge is 0.479 e. The average molecular weight is 407 g/mol. The molecule has 0 radical (unpaired) electrons. The second-order valence-electron chi connectivity index (χ2n) is 6.91. The average Bonchev–Trinajstić information content (AvgIpc) is 3.04. The molecule has 1 aromatic heterocycles. The van der Waals surface area contributed by atoms with Crippen molar-refractivity contribution in [2.75, 3.05) is 0 Å². The van der Waals surface area contributed by atoms with Gasteiger partial charge in [-0.1, -0.05) is 37.6 Å². The standard InChI is InChI=1S/C19H19ClN2O6/c1-10(2)19(18(23)24,28-22(25)26)16-11(3)21-8-14-15(16)9-27-17(14)12-4-6-13(20)7-5-12/h4-8,10,17H,9H2,1-3H3,(H,23,24)/t17-,19+/m0/s1. The molecule has 0 unspecified atom stereocenters. The van der Waals surface area contributed by atoms with Crippen LogP contribution < -0.4 is 0 Å². The Hall–Kier alpha value is -2.71. The molecule has 1 aliphatic heterocycles. The summed E-state index contributed by atoms with van der Waals surface area (Å²) in [7, 11) is 0. The molecule has 0 spiro atoms. The van der Waals surface area contributed by atoms with E-state index in [0.29, 0.717) is 21.8 Å². The highest BCUT2D eigenvalue weighted by Gasteiger charge is 2.52. The van der Waals surface area contributed by atoms with Gasteiger partial charge in [-0.3, -0.25) is 9.82 Å². The van der Waals surface area contributed by atoms with E-state index in [1.807, 2.05) is 12.1 Å². The maximum atomic E-state index is 12.2. The summed E-state index contributed by atoms with van der Waals surface area (Å²) < 4.78 is 5.90. The number of benzene rings is 1. The van der Waals surface area contributed by atoms with Crippen molar-refractivity contribution in [2.45, 2.75) is 39.1 Å². The number of aryl methyl sites for hydroxylation is 1. The number of aromatic nitrogens is 1. The van der Waals surface area contributed by atoms with Crippen LogP contribution in [-0.2, 0) is 26.6 Å². The number of halogens is 1. The summed E-state index contributed by atoms with van der Waals surface area (Å²) in [5.41, 5.74) is 0.342. The van der Waals surface area contributed by atoms with Crippen molar-refractivity contribution < 1.29 is 24.6 Å². The van der Waals surface area contributed by atoms with E-state index < -0.39 is 28.7 Å². The van der Waals surface area contributed by atoms with E-state index in [4.69, 9.17) is 21.2 Å². The zero-order chi connectivity index (χ0) is 20.6. The number of hydrogen-bond acceptors (Lipinski definition) is 6. The highest BCUT2D eigenvalue weighted by molar-refractivity contribution is 6.30. The Morgan fingerprint density at radius 1 is 1.43 bits per heavy atom. The minimum Gasteiger partial charge on any atom is -0.479 e. The van der Waals surface area contributed by atoms with Crippen LogP contribution in [0.25, 0.3) is 0 Å². The van der Waals surface area contributed by atoms with Crippen LogP contribution in [-0.4, -0.2) is 21.1 Å². The van der Waals surface area contributed by atoms with E-state index in [1.165, 1.54) is 0 Å². The summed E-state index contributed by atoms with van der Waals surface area (Å²) in [6.45, 7) is 4.81. The Bertz CT molecular complexity index is 931. The van der Waals surface area contributed by atoms with Crippen LogP contribution in [0.2, 0.25) is 5.02 Å². The molecule has 2 atom stereocenters.